The maximum absolute atomic E-state index is 13.1. The number of hydrogen-bond donors (Lipinski definition) is 3. The van der Waals surface area contributed by atoms with Crippen LogP contribution in [0.1, 0.15) is 370 Å². The summed E-state index contributed by atoms with van der Waals surface area (Å²) in [5.41, 5.74) is 0. The summed E-state index contributed by atoms with van der Waals surface area (Å²) in [7, 11) is -9.91. The monoisotopic (exact) mass is 1370 g/mol. The molecule has 0 aromatic carbocycles. The molecule has 0 saturated carbocycles. The Labute approximate surface area is 568 Å². The maximum Gasteiger partial charge on any atom is 0.472 e. The van der Waals surface area contributed by atoms with E-state index in [-0.39, 0.29) is 25.7 Å². The first-order valence-electron chi connectivity index (χ1n) is 38.2. The molecule has 19 heteroatoms. The van der Waals surface area contributed by atoms with Crippen molar-refractivity contribution in [1.29, 1.82) is 0 Å². The second-order valence-corrected chi connectivity index (χ2v) is 31.3. The number of unbranched alkanes of at least 4 members (excludes halogenated alkanes) is 36. The van der Waals surface area contributed by atoms with Crippen LogP contribution in [0.2, 0.25) is 0 Å². The predicted molar refractivity (Wildman–Crippen MR) is 377 cm³/mol. The van der Waals surface area contributed by atoms with Crippen LogP contribution in [0, 0.1) is 23.7 Å². The lowest BCUT2D eigenvalue weighted by molar-refractivity contribution is -0.161. The first-order valence-corrected chi connectivity index (χ1v) is 41.2. The summed E-state index contributed by atoms with van der Waals surface area (Å²) < 4.78 is 68.5. The van der Waals surface area contributed by atoms with E-state index in [1.165, 1.54) is 167 Å². The number of phosphoric ester groups is 2. The molecule has 6 atom stereocenters. The lowest BCUT2D eigenvalue weighted by atomic mass is 10.00. The number of aliphatic hydroxyl groups is 1. The van der Waals surface area contributed by atoms with Gasteiger partial charge in [0.25, 0.3) is 0 Å². The molecule has 0 spiro atoms. The summed E-state index contributed by atoms with van der Waals surface area (Å²) in [6.07, 6.45) is 47.2. The topological polar surface area (TPSA) is 237 Å². The third kappa shape index (κ3) is 67.0. The molecule has 0 saturated heterocycles. The molecule has 0 radical (unpaired) electrons. The highest BCUT2D eigenvalue weighted by molar-refractivity contribution is 7.47. The first kappa shape index (κ1) is 91.1. The van der Waals surface area contributed by atoms with Gasteiger partial charge in [0.05, 0.1) is 26.4 Å². The van der Waals surface area contributed by atoms with E-state index in [0.29, 0.717) is 25.7 Å². The van der Waals surface area contributed by atoms with Crippen molar-refractivity contribution in [3.63, 3.8) is 0 Å². The van der Waals surface area contributed by atoms with Crippen molar-refractivity contribution in [3.05, 3.63) is 0 Å². The van der Waals surface area contributed by atoms with Gasteiger partial charge < -0.3 is 33.8 Å². The average Bonchev–Trinajstić information content (AvgIpc) is 2.35. The highest BCUT2D eigenvalue weighted by atomic mass is 31.2. The third-order valence-electron chi connectivity index (χ3n) is 17.4. The standard InChI is InChI=1S/C74H144O17P2/c1-9-67(8)53-45-37-32-33-39-47-55-72(77)85-61-70(91-74(79)56-48-40-30-23-17-12-10-11-15-20-26-34-42-50-64(2)3)63-89-93(82,83)87-59-68(75)58-86-92(80,81)88-62-69(60-84-71(76)54-46-38-29-25-19-22-28-36-44-52-66(6)7)90-73(78)57-49-41-31-24-18-14-13-16-21-27-35-43-51-65(4)5/h64-70,75H,9-63H2,1-8H3,(H,80,81)(H,82,83)/t67?,68-,69-,70-/m1/s1. The average molecular weight is 1370 g/mol. The molecule has 0 aliphatic carbocycles. The Bertz CT molecular complexity index is 1840. The van der Waals surface area contributed by atoms with Crippen LogP contribution < -0.4 is 0 Å². The van der Waals surface area contributed by atoms with Gasteiger partial charge in [-0.1, -0.05) is 319 Å². The lowest BCUT2D eigenvalue weighted by Crippen LogP contribution is -2.30. The molecule has 0 aliphatic heterocycles. The molecule has 93 heavy (non-hydrogen) atoms. The van der Waals surface area contributed by atoms with Gasteiger partial charge in [-0.2, -0.15) is 0 Å². The van der Waals surface area contributed by atoms with Crippen LogP contribution in [0.15, 0.2) is 0 Å². The van der Waals surface area contributed by atoms with E-state index in [1.54, 1.807) is 0 Å². The lowest BCUT2D eigenvalue weighted by Gasteiger charge is -2.21. The molecular weight excluding hydrogens is 1220 g/mol. The quantitative estimate of drug-likeness (QED) is 0.0222. The fraction of sp³-hybridized carbons (Fsp3) is 0.946. The van der Waals surface area contributed by atoms with Gasteiger partial charge in [-0.25, -0.2) is 9.13 Å². The molecule has 0 bridgehead atoms. The van der Waals surface area contributed by atoms with Gasteiger partial charge in [-0.05, 0) is 49.4 Å². The Kier molecular flexibility index (Phi) is 62.2. The fourth-order valence-corrected chi connectivity index (χ4v) is 12.7. The van der Waals surface area contributed by atoms with Crippen LogP contribution in [0.4, 0.5) is 0 Å². The van der Waals surface area contributed by atoms with E-state index in [4.69, 9.17) is 37.0 Å². The number of carbonyl (C=O) groups is 4. The van der Waals surface area contributed by atoms with Crippen LogP contribution in [-0.4, -0.2) is 96.7 Å². The van der Waals surface area contributed by atoms with Gasteiger partial charge >= 0.3 is 39.5 Å². The number of phosphoric acid groups is 2. The number of aliphatic hydroxyl groups excluding tert-OH is 1. The van der Waals surface area contributed by atoms with E-state index in [1.807, 2.05) is 0 Å². The molecule has 3 N–H and O–H groups in total. The van der Waals surface area contributed by atoms with Crippen molar-refractivity contribution in [2.45, 2.75) is 388 Å². The highest BCUT2D eigenvalue weighted by Gasteiger charge is 2.30. The number of carbonyl (C=O) groups excluding carboxylic acids is 4. The first-order chi connectivity index (χ1) is 44.6. The number of esters is 4. The molecule has 0 aliphatic rings. The van der Waals surface area contributed by atoms with Crippen LogP contribution in [0.5, 0.6) is 0 Å². The zero-order valence-electron chi connectivity index (χ0n) is 60.9. The van der Waals surface area contributed by atoms with Gasteiger partial charge in [-0.3, -0.25) is 37.3 Å². The SMILES string of the molecule is CCC(C)CCCCCCCCC(=O)OC[C@H](COP(=O)(O)OC[C@H](O)COP(=O)(O)OC[C@@H](COC(=O)CCCCCCCCCCCC(C)C)OC(=O)CCCCCCCCCCCCCCC(C)C)OC(=O)CCCCCCCCCCCCCCCC(C)C. The van der Waals surface area contributed by atoms with Gasteiger partial charge in [0.1, 0.15) is 19.3 Å². The minimum atomic E-state index is -4.96. The minimum absolute atomic E-state index is 0.106. The van der Waals surface area contributed by atoms with Gasteiger partial charge in [0.2, 0.25) is 0 Å². The van der Waals surface area contributed by atoms with Crippen LogP contribution >= 0.6 is 15.6 Å². The summed E-state index contributed by atoms with van der Waals surface area (Å²) in [6, 6.07) is 0. The van der Waals surface area contributed by atoms with E-state index in [2.05, 4.69) is 55.4 Å². The zero-order chi connectivity index (χ0) is 68.9. The van der Waals surface area contributed by atoms with Crippen LogP contribution in [-0.2, 0) is 65.4 Å². The Morgan fingerprint density at radius 2 is 0.516 bits per heavy atom. The molecular formula is C74H144O17P2. The van der Waals surface area contributed by atoms with Crippen molar-refractivity contribution < 1.29 is 80.2 Å². The van der Waals surface area contributed by atoms with Crippen LogP contribution in [0.25, 0.3) is 0 Å². The summed E-state index contributed by atoms with van der Waals surface area (Å²) >= 11 is 0. The molecule has 17 nitrogen and oxygen atoms in total. The molecule has 552 valence electrons. The van der Waals surface area contributed by atoms with E-state index in [9.17, 15) is 43.2 Å². The Morgan fingerprint density at radius 1 is 0.301 bits per heavy atom. The van der Waals surface area contributed by atoms with Crippen molar-refractivity contribution in [3.8, 4) is 0 Å². The highest BCUT2D eigenvalue weighted by Crippen LogP contribution is 2.45. The number of hydrogen-bond acceptors (Lipinski definition) is 15. The summed E-state index contributed by atoms with van der Waals surface area (Å²) in [4.78, 5) is 72.7. The number of rotatable bonds is 71. The minimum Gasteiger partial charge on any atom is -0.462 e. The van der Waals surface area contributed by atoms with E-state index in [0.717, 1.165) is 120 Å². The molecule has 3 unspecified atom stereocenters. The molecule has 0 aromatic rings. The van der Waals surface area contributed by atoms with Crippen molar-refractivity contribution >= 4 is 39.5 Å². The van der Waals surface area contributed by atoms with Gasteiger partial charge in [0, 0.05) is 25.7 Å². The Balaban J connectivity index is 5.26. The smallest absolute Gasteiger partial charge is 0.462 e. The molecule has 0 rings (SSSR count). The van der Waals surface area contributed by atoms with E-state index < -0.39 is 97.5 Å². The molecule has 0 heterocycles. The number of ether oxygens (including phenoxy) is 4. The summed E-state index contributed by atoms with van der Waals surface area (Å²) in [5, 5.41) is 10.6. The third-order valence-corrected chi connectivity index (χ3v) is 19.3. The summed E-state index contributed by atoms with van der Waals surface area (Å²) in [5.74, 6) is 0.914. The second-order valence-electron chi connectivity index (χ2n) is 28.4. The fourth-order valence-electron chi connectivity index (χ4n) is 11.2. The largest absolute Gasteiger partial charge is 0.472 e. The van der Waals surface area contributed by atoms with Crippen LogP contribution in [0.3, 0.4) is 0 Å². The molecule has 0 amide bonds. The second kappa shape index (κ2) is 63.5. The van der Waals surface area contributed by atoms with Crippen molar-refractivity contribution in [1.82, 2.24) is 0 Å². The van der Waals surface area contributed by atoms with Crippen molar-refractivity contribution in [2.75, 3.05) is 39.6 Å². The maximum atomic E-state index is 13.1. The van der Waals surface area contributed by atoms with Crippen molar-refractivity contribution in [2.24, 2.45) is 23.7 Å². The predicted octanol–water partition coefficient (Wildman–Crippen LogP) is 21.3. The molecule has 0 aromatic heterocycles. The van der Waals surface area contributed by atoms with E-state index >= 15 is 0 Å². The zero-order valence-corrected chi connectivity index (χ0v) is 62.7. The summed E-state index contributed by atoms with van der Waals surface area (Å²) in [6.45, 7) is 14.2. The normalized spacial score (nSPS) is 14.5. The molecule has 0 fully saturated rings. The van der Waals surface area contributed by atoms with Gasteiger partial charge in [0.15, 0.2) is 12.2 Å². The van der Waals surface area contributed by atoms with Gasteiger partial charge in [-0.15, -0.1) is 0 Å². The Morgan fingerprint density at radius 3 is 0.763 bits per heavy atom. The Hall–Kier alpha value is -1.94.